The molecule has 5 aromatic rings. The van der Waals surface area contributed by atoms with Crippen LogP contribution in [0.25, 0.3) is 28.3 Å². The van der Waals surface area contributed by atoms with E-state index in [1.165, 1.54) is 13.3 Å². The number of rotatable bonds is 6. The number of hydrogen-bond acceptors (Lipinski definition) is 6. The predicted octanol–water partition coefficient (Wildman–Crippen LogP) is 4.06. The summed E-state index contributed by atoms with van der Waals surface area (Å²) in [4.78, 5) is 28.7. The van der Waals surface area contributed by atoms with Gasteiger partial charge in [-0.1, -0.05) is 18.2 Å². The summed E-state index contributed by atoms with van der Waals surface area (Å²) in [7, 11) is 0. The van der Waals surface area contributed by atoms with Gasteiger partial charge in [0.1, 0.15) is 12.2 Å². The molecule has 9 heteroatoms. The third kappa shape index (κ3) is 4.29. The molecular formula is C24H22N8O. The number of carbonyl (C=O) groups excluding carboxylic acids is 1. The number of amides is 1. The highest BCUT2D eigenvalue weighted by atomic mass is 16.1. The fourth-order valence-electron chi connectivity index (χ4n) is 3.65. The SMILES string of the molecule is CC(=O)Nc1ccccc1NCc1nc(-c2ccc3ncnn3c2)c(-c2cccc(C)n2)[nH]1. The maximum absolute atomic E-state index is 11.5. The van der Waals surface area contributed by atoms with Gasteiger partial charge in [-0.3, -0.25) is 9.78 Å². The summed E-state index contributed by atoms with van der Waals surface area (Å²) < 4.78 is 1.72. The number of imidazole rings is 1. The number of pyridine rings is 2. The molecular weight excluding hydrogens is 416 g/mol. The maximum Gasteiger partial charge on any atom is 0.221 e. The van der Waals surface area contributed by atoms with E-state index >= 15 is 0 Å². The maximum atomic E-state index is 11.5. The molecule has 1 amide bonds. The molecule has 0 fully saturated rings. The first-order valence-electron chi connectivity index (χ1n) is 10.5. The normalized spacial score (nSPS) is 11.0. The lowest BCUT2D eigenvalue weighted by Crippen LogP contribution is -2.09. The second-order valence-corrected chi connectivity index (χ2v) is 7.63. The number of anilines is 2. The van der Waals surface area contributed by atoms with E-state index < -0.39 is 0 Å². The highest BCUT2D eigenvalue weighted by Gasteiger charge is 2.16. The number of aromatic amines is 1. The highest BCUT2D eigenvalue weighted by molar-refractivity contribution is 5.92. The molecule has 164 valence electrons. The number of hydrogen-bond donors (Lipinski definition) is 3. The molecule has 4 heterocycles. The lowest BCUT2D eigenvalue weighted by Gasteiger charge is -2.11. The largest absolute Gasteiger partial charge is 0.376 e. The minimum absolute atomic E-state index is 0.124. The fourth-order valence-corrected chi connectivity index (χ4v) is 3.65. The van der Waals surface area contributed by atoms with E-state index in [4.69, 9.17) is 4.98 Å². The molecule has 0 radical (unpaired) electrons. The van der Waals surface area contributed by atoms with Crippen molar-refractivity contribution in [3.05, 3.63) is 78.6 Å². The summed E-state index contributed by atoms with van der Waals surface area (Å²) in [5.41, 5.74) is 6.51. The first-order chi connectivity index (χ1) is 16.1. The zero-order valence-corrected chi connectivity index (χ0v) is 18.2. The smallest absolute Gasteiger partial charge is 0.221 e. The van der Waals surface area contributed by atoms with Gasteiger partial charge < -0.3 is 15.6 Å². The molecule has 33 heavy (non-hydrogen) atoms. The predicted molar refractivity (Wildman–Crippen MR) is 127 cm³/mol. The molecule has 0 saturated carbocycles. The lowest BCUT2D eigenvalue weighted by atomic mass is 10.1. The van der Waals surface area contributed by atoms with Gasteiger partial charge in [0.05, 0.1) is 35.0 Å². The zero-order chi connectivity index (χ0) is 22.8. The lowest BCUT2D eigenvalue weighted by molar-refractivity contribution is -0.114. The number of para-hydroxylation sites is 2. The average molecular weight is 438 g/mol. The van der Waals surface area contributed by atoms with Crippen LogP contribution in [-0.4, -0.2) is 35.5 Å². The van der Waals surface area contributed by atoms with Crippen molar-refractivity contribution in [2.24, 2.45) is 0 Å². The van der Waals surface area contributed by atoms with E-state index in [-0.39, 0.29) is 5.91 Å². The standard InChI is InChI=1S/C24H22N8O/c1-15-6-5-9-20(28-15)24-23(17-10-11-22-26-14-27-32(22)13-17)30-21(31-24)12-25-18-7-3-4-8-19(18)29-16(2)33/h3-11,13-14,25H,12H2,1-2H3,(H,29,33)(H,30,31). The van der Waals surface area contributed by atoms with Crippen molar-refractivity contribution in [1.29, 1.82) is 0 Å². The van der Waals surface area contributed by atoms with Gasteiger partial charge in [0, 0.05) is 24.4 Å². The van der Waals surface area contributed by atoms with Crippen LogP contribution in [0.15, 0.2) is 67.1 Å². The minimum atomic E-state index is -0.124. The highest BCUT2D eigenvalue weighted by Crippen LogP contribution is 2.30. The van der Waals surface area contributed by atoms with Gasteiger partial charge >= 0.3 is 0 Å². The molecule has 5 rings (SSSR count). The monoisotopic (exact) mass is 438 g/mol. The van der Waals surface area contributed by atoms with Crippen LogP contribution in [0.2, 0.25) is 0 Å². The second kappa shape index (κ2) is 8.54. The van der Waals surface area contributed by atoms with Crippen LogP contribution < -0.4 is 10.6 Å². The van der Waals surface area contributed by atoms with E-state index in [0.29, 0.717) is 12.2 Å². The van der Waals surface area contributed by atoms with Crippen molar-refractivity contribution in [3.8, 4) is 22.6 Å². The Morgan fingerprint density at radius 2 is 1.88 bits per heavy atom. The minimum Gasteiger partial charge on any atom is -0.376 e. The molecule has 0 aliphatic heterocycles. The summed E-state index contributed by atoms with van der Waals surface area (Å²) >= 11 is 0. The van der Waals surface area contributed by atoms with Gasteiger partial charge in [-0.2, -0.15) is 5.10 Å². The molecule has 0 saturated heterocycles. The van der Waals surface area contributed by atoms with Crippen molar-refractivity contribution in [3.63, 3.8) is 0 Å². The van der Waals surface area contributed by atoms with Crippen molar-refractivity contribution in [1.82, 2.24) is 29.5 Å². The second-order valence-electron chi connectivity index (χ2n) is 7.63. The number of fused-ring (bicyclic) bond motifs is 1. The van der Waals surface area contributed by atoms with Crippen LogP contribution in [-0.2, 0) is 11.3 Å². The summed E-state index contributed by atoms with van der Waals surface area (Å²) in [5.74, 6) is 0.612. The number of aromatic nitrogens is 6. The number of carbonyl (C=O) groups is 1. The summed E-state index contributed by atoms with van der Waals surface area (Å²) in [6, 6.07) is 17.3. The van der Waals surface area contributed by atoms with Gasteiger partial charge in [-0.15, -0.1) is 0 Å². The van der Waals surface area contributed by atoms with Gasteiger partial charge in [0.15, 0.2) is 5.65 Å². The molecule has 9 nitrogen and oxygen atoms in total. The topological polar surface area (TPSA) is 113 Å². The number of benzene rings is 1. The van der Waals surface area contributed by atoms with Crippen LogP contribution in [0.5, 0.6) is 0 Å². The van der Waals surface area contributed by atoms with Crippen LogP contribution in [0.4, 0.5) is 11.4 Å². The number of aryl methyl sites for hydroxylation is 1. The van der Waals surface area contributed by atoms with Gasteiger partial charge in [-0.25, -0.2) is 14.5 Å². The fraction of sp³-hybridized carbons (Fsp3) is 0.125. The summed E-state index contributed by atoms with van der Waals surface area (Å²) in [6.07, 6.45) is 3.43. The van der Waals surface area contributed by atoms with Gasteiger partial charge in [0.2, 0.25) is 5.91 Å². The first-order valence-corrected chi connectivity index (χ1v) is 10.5. The molecule has 1 aromatic carbocycles. The molecule has 0 bridgehead atoms. The quantitative estimate of drug-likeness (QED) is 0.368. The van der Waals surface area contributed by atoms with Crippen LogP contribution in [0.1, 0.15) is 18.4 Å². The third-order valence-corrected chi connectivity index (χ3v) is 5.13. The van der Waals surface area contributed by atoms with Crippen LogP contribution >= 0.6 is 0 Å². The Kier molecular flexibility index (Phi) is 5.27. The van der Waals surface area contributed by atoms with E-state index in [2.05, 4.69) is 30.7 Å². The molecule has 0 aliphatic carbocycles. The van der Waals surface area contributed by atoms with E-state index in [9.17, 15) is 4.79 Å². The molecule has 3 N–H and O–H groups in total. The van der Waals surface area contributed by atoms with Crippen molar-refractivity contribution < 1.29 is 4.79 Å². The number of H-pyrrole nitrogens is 1. The Labute approximate surface area is 189 Å². The number of nitrogens with zero attached hydrogens (tertiary/aromatic N) is 5. The number of nitrogens with one attached hydrogen (secondary N) is 3. The van der Waals surface area contributed by atoms with E-state index in [1.54, 1.807) is 4.52 Å². The summed E-state index contributed by atoms with van der Waals surface area (Å²) in [5, 5.41) is 10.4. The van der Waals surface area contributed by atoms with E-state index in [0.717, 1.165) is 45.5 Å². The molecule has 4 aromatic heterocycles. The molecule has 0 spiro atoms. The van der Waals surface area contributed by atoms with Crippen LogP contribution in [0, 0.1) is 6.92 Å². The average Bonchev–Trinajstić information content (AvgIpc) is 3.45. The molecule has 0 unspecified atom stereocenters. The van der Waals surface area contributed by atoms with Gasteiger partial charge in [0.25, 0.3) is 0 Å². The Bertz CT molecular complexity index is 1450. The van der Waals surface area contributed by atoms with Crippen molar-refractivity contribution in [2.75, 3.05) is 10.6 Å². The Morgan fingerprint density at radius 3 is 2.70 bits per heavy atom. The Hall–Kier alpha value is -4.53. The van der Waals surface area contributed by atoms with E-state index in [1.807, 2.05) is 67.7 Å². The first kappa shape index (κ1) is 20.4. The Balaban J connectivity index is 1.51. The van der Waals surface area contributed by atoms with Gasteiger partial charge in [-0.05, 0) is 43.3 Å². The summed E-state index contributed by atoms with van der Waals surface area (Å²) in [6.45, 7) is 3.88. The van der Waals surface area contributed by atoms with Crippen molar-refractivity contribution in [2.45, 2.75) is 20.4 Å². The zero-order valence-electron chi connectivity index (χ0n) is 18.2. The van der Waals surface area contributed by atoms with Crippen molar-refractivity contribution >= 4 is 22.9 Å². The Morgan fingerprint density at radius 1 is 1.03 bits per heavy atom. The third-order valence-electron chi connectivity index (χ3n) is 5.13. The molecule has 0 aliphatic rings. The van der Waals surface area contributed by atoms with Crippen LogP contribution in [0.3, 0.4) is 0 Å². The molecule has 0 atom stereocenters.